The van der Waals surface area contributed by atoms with E-state index in [4.69, 9.17) is 5.73 Å². The SMILES string of the molecule is Cc1cc(SC(C)C(C)C)ccc1N. The largest absolute Gasteiger partial charge is 0.399 e. The summed E-state index contributed by atoms with van der Waals surface area (Å²) in [6.45, 7) is 8.82. The van der Waals surface area contributed by atoms with Crippen LogP contribution >= 0.6 is 11.8 Å². The average molecular weight is 209 g/mol. The molecule has 0 amide bonds. The third-order valence-electron chi connectivity index (χ3n) is 2.50. The highest BCUT2D eigenvalue weighted by atomic mass is 32.2. The Bertz CT molecular complexity index is 307. The van der Waals surface area contributed by atoms with Crippen molar-refractivity contribution in [1.82, 2.24) is 0 Å². The van der Waals surface area contributed by atoms with Gasteiger partial charge in [0.15, 0.2) is 0 Å². The van der Waals surface area contributed by atoms with Gasteiger partial charge in [0.25, 0.3) is 0 Å². The zero-order chi connectivity index (χ0) is 10.7. The third kappa shape index (κ3) is 2.95. The molecule has 1 aromatic rings. The first-order valence-electron chi connectivity index (χ1n) is 5.03. The first-order valence-corrected chi connectivity index (χ1v) is 5.91. The molecule has 1 rings (SSSR count). The Morgan fingerprint density at radius 3 is 2.36 bits per heavy atom. The van der Waals surface area contributed by atoms with Gasteiger partial charge < -0.3 is 5.73 Å². The lowest BCUT2D eigenvalue weighted by Gasteiger charge is -2.15. The quantitative estimate of drug-likeness (QED) is 0.606. The van der Waals surface area contributed by atoms with Crippen molar-refractivity contribution in [2.75, 3.05) is 5.73 Å². The second kappa shape index (κ2) is 4.74. The highest BCUT2D eigenvalue weighted by molar-refractivity contribution is 8.00. The van der Waals surface area contributed by atoms with Gasteiger partial charge in [-0.05, 0) is 36.6 Å². The molecule has 0 saturated carbocycles. The molecule has 0 bridgehead atoms. The van der Waals surface area contributed by atoms with Gasteiger partial charge in [-0.2, -0.15) is 0 Å². The highest BCUT2D eigenvalue weighted by Crippen LogP contribution is 2.29. The summed E-state index contributed by atoms with van der Waals surface area (Å²) < 4.78 is 0. The number of thioether (sulfide) groups is 1. The molecule has 1 unspecified atom stereocenters. The minimum Gasteiger partial charge on any atom is -0.399 e. The lowest BCUT2D eigenvalue weighted by molar-refractivity contribution is 0.642. The molecule has 0 spiro atoms. The minimum absolute atomic E-state index is 0.651. The monoisotopic (exact) mass is 209 g/mol. The van der Waals surface area contributed by atoms with Gasteiger partial charge in [-0.25, -0.2) is 0 Å². The lowest BCUT2D eigenvalue weighted by Crippen LogP contribution is -2.05. The fraction of sp³-hybridized carbons (Fsp3) is 0.500. The molecule has 1 aromatic carbocycles. The normalized spacial score (nSPS) is 13.2. The van der Waals surface area contributed by atoms with Crippen LogP contribution in [0.4, 0.5) is 5.69 Å². The van der Waals surface area contributed by atoms with Crippen molar-refractivity contribution in [3.63, 3.8) is 0 Å². The van der Waals surface area contributed by atoms with E-state index in [2.05, 4.69) is 39.8 Å². The number of nitrogen functional groups attached to an aromatic ring is 1. The summed E-state index contributed by atoms with van der Waals surface area (Å²) in [5.74, 6) is 0.706. The predicted molar refractivity (Wildman–Crippen MR) is 65.7 cm³/mol. The molecule has 2 heteroatoms. The van der Waals surface area contributed by atoms with E-state index in [1.165, 1.54) is 10.5 Å². The molecule has 1 atom stereocenters. The summed E-state index contributed by atoms with van der Waals surface area (Å²) in [5, 5.41) is 0.651. The molecule has 1 nitrogen and oxygen atoms in total. The summed E-state index contributed by atoms with van der Waals surface area (Å²) in [4.78, 5) is 1.32. The van der Waals surface area contributed by atoms with E-state index < -0.39 is 0 Å². The Morgan fingerprint density at radius 2 is 1.86 bits per heavy atom. The summed E-state index contributed by atoms with van der Waals surface area (Å²) in [6.07, 6.45) is 0. The maximum atomic E-state index is 5.77. The number of benzene rings is 1. The Labute approximate surface area is 91.1 Å². The van der Waals surface area contributed by atoms with Crippen LogP contribution in [-0.4, -0.2) is 5.25 Å². The molecule has 0 aromatic heterocycles. The lowest BCUT2D eigenvalue weighted by atomic mass is 10.2. The van der Waals surface area contributed by atoms with Crippen LogP contribution in [0.1, 0.15) is 26.3 Å². The van der Waals surface area contributed by atoms with Crippen LogP contribution in [0.3, 0.4) is 0 Å². The molecule has 0 saturated heterocycles. The highest BCUT2D eigenvalue weighted by Gasteiger charge is 2.08. The fourth-order valence-electron chi connectivity index (χ4n) is 1.07. The van der Waals surface area contributed by atoms with Crippen molar-refractivity contribution < 1.29 is 0 Å². The fourth-order valence-corrected chi connectivity index (χ4v) is 2.17. The van der Waals surface area contributed by atoms with Crippen molar-refractivity contribution in [3.05, 3.63) is 23.8 Å². The molecule has 0 aliphatic rings. The molecule has 78 valence electrons. The van der Waals surface area contributed by atoms with Crippen molar-refractivity contribution in [1.29, 1.82) is 0 Å². The maximum Gasteiger partial charge on any atom is 0.0344 e. The molecule has 0 fully saturated rings. The number of hydrogen-bond acceptors (Lipinski definition) is 2. The number of aryl methyl sites for hydroxylation is 1. The standard InChI is InChI=1S/C12H19NS/c1-8(2)10(4)14-11-5-6-12(13)9(3)7-11/h5-8,10H,13H2,1-4H3. The van der Waals surface area contributed by atoms with Crippen molar-refractivity contribution in [2.45, 2.75) is 37.8 Å². The average Bonchev–Trinajstić information content (AvgIpc) is 2.11. The Balaban J connectivity index is 2.73. The zero-order valence-electron chi connectivity index (χ0n) is 9.37. The van der Waals surface area contributed by atoms with Crippen LogP contribution in [0.15, 0.2) is 23.1 Å². The van der Waals surface area contributed by atoms with Crippen LogP contribution in [0, 0.1) is 12.8 Å². The molecule has 2 N–H and O–H groups in total. The summed E-state index contributed by atoms with van der Waals surface area (Å²) in [6, 6.07) is 6.26. The van der Waals surface area contributed by atoms with Gasteiger partial charge in [-0.3, -0.25) is 0 Å². The third-order valence-corrected chi connectivity index (χ3v) is 3.94. The van der Waals surface area contributed by atoms with Gasteiger partial charge in [0.2, 0.25) is 0 Å². The number of hydrogen-bond donors (Lipinski definition) is 1. The van der Waals surface area contributed by atoms with Gasteiger partial charge in [0.05, 0.1) is 0 Å². The van der Waals surface area contributed by atoms with Crippen LogP contribution < -0.4 is 5.73 Å². The van der Waals surface area contributed by atoms with Crippen LogP contribution in [0.2, 0.25) is 0 Å². The van der Waals surface area contributed by atoms with Crippen LogP contribution in [0.5, 0.6) is 0 Å². The first-order chi connectivity index (χ1) is 6.50. The van der Waals surface area contributed by atoms with Gasteiger partial charge in [0, 0.05) is 15.8 Å². The molecule has 0 aliphatic heterocycles. The Morgan fingerprint density at radius 1 is 1.21 bits per heavy atom. The molecular formula is C12H19NS. The van der Waals surface area contributed by atoms with Gasteiger partial charge >= 0.3 is 0 Å². The van der Waals surface area contributed by atoms with E-state index in [-0.39, 0.29) is 0 Å². The maximum absolute atomic E-state index is 5.77. The van der Waals surface area contributed by atoms with Gasteiger partial charge in [-0.1, -0.05) is 20.8 Å². The summed E-state index contributed by atoms with van der Waals surface area (Å²) >= 11 is 1.92. The van der Waals surface area contributed by atoms with Gasteiger partial charge in [0.1, 0.15) is 0 Å². The van der Waals surface area contributed by atoms with E-state index in [0.717, 1.165) is 5.69 Å². The molecule has 0 heterocycles. The topological polar surface area (TPSA) is 26.0 Å². The second-order valence-electron chi connectivity index (χ2n) is 4.09. The number of nitrogens with two attached hydrogens (primary N) is 1. The smallest absolute Gasteiger partial charge is 0.0344 e. The summed E-state index contributed by atoms with van der Waals surface area (Å²) in [5.41, 5.74) is 7.82. The zero-order valence-corrected chi connectivity index (χ0v) is 10.2. The Kier molecular flexibility index (Phi) is 3.87. The van der Waals surface area contributed by atoms with Crippen molar-refractivity contribution in [3.8, 4) is 0 Å². The summed E-state index contributed by atoms with van der Waals surface area (Å²) in [7, 11) is 0. The number of anilines is 1. The number of rotatable bonds is 3. The Hall–Kier alpha value is -0.630. The predicted octanol–water partition coefficient (Wildman–Crippen LogP) is 3.71. The van der Waals surface area contributed by atoms with E-state index >= 15 is 0 Å². The molecule has 14 heavy (non-hydrogen) atoms. The second-order valence-corrected chi connectivity index (χ2v) is 5.54. The van der Waals surface area contributed by atoms with Crippen molar-refractivity contribution >= 4 is 17.4 Å². The minimum atomic E-state index is 0.651. The molecule has 0 radical (unpaired) electrons. The van der Waals surface area contributed by atoms with Gasteiger partial charge in [-0.15, -0.1) is 11.8 Å². The van der Waals surface area contributed by atoms with E-state index in [9.17, 15) is 0 Å². The first kappa shape index (κ1) is 11.4. The molecule has 0 aliphatic carbocycles. The van der Waals surface area contributed by atoms with Crippen LogP contribution in [0.25, 0.3) is 0 Å². The molecular weight excluding hydrogens is 190 g/mol. The van der Waals surface area contributed by atoms with E-state index in [0.29, 0.717) is 11.2 Å². The van der Waals surface area contributed by atoms with Crippen LogP contribution in [-0.2, 0) is 0 Å². The van der Waals surface area contributed by atoms with Crippen molar-refractivity contribution in [2.24, 2.45) is 5.92 Å². The van der Waals surface area contributed by atoms with E-state index in [1.54, 1.807) is 0 Å². The van der Waals surface area contributed by atoms with E-state index in [1.807, 2.05) is 17.8 Å².